The van der Waals surface area contributed by atoms with E-state index in [1.165, 1.54) is 0 Å². The van der Waals surface area contributed by atoms with Crippen LogP contribution in [-0.4, -0.2) is 45.8 Å². The molecule has 0 saturated heterocycles. The van der Waals surface area contributed by atoms with E-state index in [-0.39, 0.29) is 5.75 Å². The number of nitrogens with zero attached hydrogens (tertiary/aromatic N) is 1. The van der Waals surface area contributed by atoms with Gasteiger partial charge in [-0.1, -0.05) is 6.92 Å². The Kier molecular flexibility index (Phi) is 8.74. The number of aliphatic imine (C=N–C) groups is 1. The van der Waals surface area contributed by atoms with Crippen molar-refractivity contribution in [1.82, 2.24) is 15.4 Å². The fraction of sp³-hybridized carbons (Fsp3) is 0.909. The number of nitrogens with one attached hydrogen (secondary N) is 3. The third-order valence-corrected chi connectivity index (χ3v) is 3.83. The second-order valence-electron chi connectivity index (χ2n) is 4.01. The first kappa shape index (κ1) is 17.2. The van der Waals surface area contributed by atoms with Gasteiger partial charge in [-0.3, -0.25) is 4.99 Å². The Morgan fingerprint density at radius 1 is 1.28 bits per heavy atom. The van der Waals surface area contributed by atoms with Crippen molar-refractivity contribution in [2.75, 3.05) is 25.4 Å². The van der Waals surface area contributed by atoms with Crippen LogP contribution in [0.15, 0.2) is 4.99 Å². The van der Waals surface area contributed by atoms with Crippen molar-refractivity contribution in [1.29, 1.82) is 0 Å². The highest BCUT2D eigenvalue weighted by molar-refractivity contribution is 7.89. The predicted molar refractivity (Wildman–Crippen MR) is 76.3 cm³/mol. The Balaban J connectivity index is 4.16. The highest BCUT2D eigenvalue weighted by Crippen LogP contribution is 1.88. The molecule has 0 aliphatic rings. The first-order valence-corrected chi connectivity index (χ1v) is 8.12. The lowest BCUT2D eigenvalue weighted by Gasteiger charge is -2.16. The molecule has 0 fully saturated rings. The van der Waals surface area contributed by atoms with Crippen LogP contribution in [0.5, 0.6) is 0 Å². The van der Waals surface area contributed by atoms with Gasteiger partial charge in [0.1, 0.15) is 0 Å². The third kappa shape index (κ3) is 8.30. The number of sulfonamides is 1. The molecule has 0 aromatic carbocycles. The summed E-state index contributed by atoms with van der Waals surface area (Å²) in [4.78, 5) is 4.31. The molecule has 3 N–H and O–H groups in total. The van der Waals surface area contributed by atoms with Gasteiger partial charge in [0.25, 0.3) is 0 Å². The minimum absolute atomic E-state index is 0.0991. The topological polar surface area (TPSA) is 82.6 Å². The standard InChI is InChI=1S/C11H26N4O2S/c1-5-10(4)15-11(12-6-2)13-8-9-14-18(16,17)7-3/h10,14H,5-9H2,1-4H3,(H2,12,13,15). The minimum Gasteiger partial charge on any atom is -0.357 e. The first-order chi connectivity index (χ1) is 8.45. The van der Waals surface area contributed by atoms with Crippen LogP contribution >= 0.6 is 0 Å². The highest BCUT2D eigenvalue weighted by Gasteiger charge is 2.05. The predicted octanol–water partition coefficient (Wildman–Crippen LogP) is 0.279. The summed E-state index contributed by atoms with van der Waals surface area (Å²) in [6, 6.07) is 0.343. The number of rotatable bonds is 8. The Morgan fingerprint density at radius 2 is 1.94 bits per heavy atom. The van der Waals surface area contributed by atoms with Crippen LogP contribution in [0, 0.1) is 0 Å². The summed E-state index contributed by atoms with van der Waals surface area (Å²) in [5.41, 5.74) is 0. The average molecular weight is 278 g/mol. The number of hydrogen-bond donors (Lipinski definition) is 3. The number of guanidine groups is 1. The van der Waals surface area contributed by atoms with Crippen LogP contribution in [0.3, 0.4) is 0 Å². The molecule has 1 unspecified atom stereocenters. The summed E-state index contributed by atoms with van der Waals surface area (Å²) in [6.07, 6.45) is 1.01. The zero-order valence-corrected chi connectivity index (χ0v) is 12.6. The van der Waals surface area contributed by atoms with Gasteiger partial charge in [-0.25, -0.2) is 13.1 Å². The summed E-state index contributed by atoms with van der Waals surface area (Å²) < 4.78 is 24.9. The molecular formula is C11H26N4O2S. The second-order valence-corrected chi connectivity index (χ2v) is 6.11. The van der Waals surface area contributed by atoms with Crippen LogP contribution in [0.25, 0.3) is 0 Å². The first-order valence-electron chi connectivity index (χ1n) is 6.47. The van der Waals surface area contributed by atoms with Crippen LogP contribution in [0.1, 0.15) is 34.1 Å². The molecule has 0 spiro atoms. The normalized spacial score (nSPS) is 14.3. The second kappa shape index (κ2) is 9.16. The fourth-order valence-corrected chi connectivity index (χ4v) is 1.73. The van der Waals surface area contributed by atoms with E-state index in [9.17, 15) is 8.42 Å². The van der Waals surface area contributed by atoms with Crippen molar-refractivity contribution in [3.63, 3.8) is 0 Å². The molecule has 0 heterocycles. The van der Waals surface area contributed by atoms with Crippen molar-refractivity contribution in [3.05, 3.63) is 0 Å². The molecule has 1 atom stereocenters. The Morgan fingerprint density at radius 3 is 2.44 bits per heavy atom. The van der Waals surface area contributed by atoms with Gasteiger partial charge in [0, 0.05) is 19.1 Å². The van der Waals surface area contributed by atoms with Crippen molar-refractivity contribution >= 4 is 16.0 Å². The largest absolute Gasteiger partial charge is 0.357 e. The molecule has 0 amide bonds. The lowest BCUT2D eigenvalue weighted by molar-refractivity contribution is 0.583. The van der Waals surface area contributed by atoms with Gasteiger partial charge in [0.2, 0.25) is 10.0 Å². The minimum atomic E-state index is -3.12. The SMILES string of the molecule is CCNC(=NCCNS(=O)(=O)CC)NC(C)CC. The zero-order chi connectivity index (χ0) is 14.0. The van der Waals surface area contributed by atoms with E-state index in [4.69, 9.17) is 0 Å². The molecule has 0 saturated carbocycles. The van der Waals surface area contributed by atoms with Gasteiger partial charge < -0.3 is 10.6 Å². The summed E-state index contributed by atoms with van der Waals surface area (Å²) in [7, 11) is -3.12. The smallest absolute Gasteiger partial charge is 0.211 e. The van der Waals surface area contributed by atoms with Gasteiger partial charge >= 0.3 is 0 Å². The molecule has 0 aliphatic carbocycles. The van der Waals surface area contributed by atoms with E-state index < -0.39 is 10.0 Å². The van der Waals surface area contributed by atoms with E-state index in [1.54, 1.807) is 6.92 Å². The van der Waals surface area contributed by atoms with Crippen LogP contribution < -0.4 is 15.4 Å². The van der Waals surface area contributed by atoms with Gasteiger partial charge in [-0.05, 0) is 27.2 Å². The molecule has 18 heavy (non-hydrogen) atoms. The molecule has 0 aliphatic heterocycles. The molecule has 0 bridgehead atoms. The Bertz CT molecular complexity index is 341. The maximum absolute atomic E-state index is 11.2. The summed E-state index contributed by atoms with van der Waals surface area (Å²) >= 11 is 0. The molecular weight excluding hydrogens is 252 g/mol. The lowest BCUT2D eigenvalue weighted by Crippen LogP contribution is -2.42. The van der Waals surface area contributed by atoms with Crippen molar-refractivity contribution in [3.8, 4) is 0 Å². The van der Waals surface area contributed by atoms with E-state index in [0.717, 1.165) is 18.9 Å². The summed E-state index contributed by atoms with van der Waals surface area (Å²) in [5, 5.41) is 6.36. The molecule has 0 radical (unpaired) electrons. The van der Waals surface area contributed by atoms with Gasteiger partial charge in [0.15, 0.2) is 5.96 Å². The third-order valence-electron chi connectivity index (χ3n) is 2.42. The Hall–Kier alpha value is -0.820. The van der Waals surface area contributed by atoms with E-state index >= 15 is 0 Å². The van der Waals surface area contributed by atoms with Crippen molar-refractivity contribution in [2.24, 2.45) is 4.99 Å². The quantitative estimate of drug-likeness (QED) is 0.338. The van der Waals surface area contributed by atoms with Gasteiger partial charge in [0.05, 0.1) is 12.3 Å². The maximum Gasteiger partial charge on any atom is 0.211 e. The summed E-state index contributed by atoms with van der Waals surface area (Å²) in [5.74, 6) is 0.824. The molecule has 6 nitrogen and oxygen atoms in total. The Labute approximate surface area is 111 Å². The van der Waals surface area contributed by atoms with Crippen molar-refractivity contribution < 1.29 is 8.42 Å². The van der Waals surface area contributed by atoms with E-state index in [2.05, 4.69) is 34.2 Å². The van der Waals surface area contributed by atoms with Crippen molar-refractivity contribution in [2.45, 2.75) is 40.2 Å². The molecule has 0 aromatic rings. The number of hydrogen-bond acceptors (Lipinski definition) is 3. The van der Waals surface area contributed by atoms with Crippen LogP contribution in [0.4, 0.5) is 0 Å². The zero-order valence-electron chi connectivity index (χ0n) is 11.8. The van der Waals surface area contributed by atoms with Crippen LogP contribution in [-0.2, 0) is 10.0 Å². The molecule has 0 rings (SSSR count). The van der Waals surface area contributed by atoms with Gasteiger partial charge in [-0.2, -0.15) is 0 Å². The van der Waals surface area contributed by atoms with E-state index in [1.807, 2.05) is 6.92 Å². The highest BCUT2D eigenvalue weighted by atomic mass is 32.2. The average Bonchev–Trinajstić information content (AvgIpc) is 2.34. The van der Waals surface area contributed by atoms with Gasteiger partial charge in [-0.15, -0.1) is 0 Å². The van der Waals surface area contributed by atoms with E-state index in [0.29, 0.717) is 19.1 Å². The van der Waals surface area contributed by atoms with Crippen LogP contribution in [0.2, 0.25) is 0 Å². The lowest BCUT2D eigenvalue weighted by atomic mass is 10.3. The molecule has 108 valence electrons. The maximum atomic E-state index is 11.2. The fourth-order valence-electron chi connectivity index (χ4n) is 1.13. The molecule has 0 aromatic heterocycles. The summed E-state index contributed by atoms with van der Waals surface area (Å²) in [6.45, 7) is 9.30. The monoisotopic (exact) mass is 278 g/mol. The molecule has 7 heteroatoms.